The highest BCUT2D eigenvalue weighted by atomic mass is 16.1. The van der Waals surface area contributed by atoms with Gasteiger partial charge in [-0.25, -0.2) is 9.97 Å². The molecule has 0 unspecified atom stereocenters. The topological polar surface area (TPSA) is 49.3 Å². The third-order valence-corrected chi connectivity index (χ3v) is 5.74. The molecule has 0 amide bonds. The normalized spacial score (nSPS) is 19.5. The number of hydrogen-bond donors (Lipinski definition) is 0. The number of ketones is 1. The van der Waals surface area contributed by atoms with Crippen molar-refractivity contribution in [3.05, 3.63) is 48.8 Å². The molecule has 2 aromatic heterocycles. The first kappa shape index (κ1) is 17.0. The summed E-state index contributed by atoms with van der Waals surface area (Å²) in [4.78, 5) is 26.4. The Labute approximate surface area is 155 Å². The minimum atomic E-state index is 0.223. The van der Waals surface area contributed by atoms with E-state index < -0.39 is 0 Å². The van der Waals surface area contributed by atoms with Crippen molar-refractivity contribution in [3.8, 4) is 0 Å². The minimum Gasteiger partial charge on any atom is -0.357 e. The quantitative estimate of drug-likeness (QED) is 0.848. The number of aromatic nitrogens is 2. The Morgan fingerprint density at radius 1 is 0.731 bits per heavy atom. The number of carbonyl (C=O) groups is 1. The lowest BCUT2D eigenvalue weighted by molar-refractivity contribution is -0.128. The highest BCUT2D eigenvalue weighted by molar-refractivity contribution is 5.84. The van der Waals surface area contributed by atoms with Gasteiger partial charge in [0.25, 0.3) is 0 Å². The third kappa shape index (κ3) is 3.71. The highest BCUT2D eigenvalue weighted by Crippen LogP contribution is 2.29. The summed E-state index contributed by atoms with van der Waals surface area (Å²) in [6, 6.07) is 12.0. The SMILES string of the molecule is O=C(C1CCN(c2ccccn2)CC1)C1CCN(c2ccccn2)CC1. The van der Waals surface area contributed by atoms with Crippen LogP contribution in [0.1, 0.15) is 25.7 Å². The lowest BCUT2D eigenvalue weighted by atomic mass is 9.81. The molecular weight excluding hydrogens is 324 g/mol. The van der Waals surface area contributed by atoms with Crippen molar-refractivity contribution in [2.75, 3.05) is 36.0 Å². The zero-order valence-electron chi connectivity index (χ0n) is 15.1. The van der Waals surface area contributed by atoms with Gasteiger partial charge in [0.15, 0.2) is 0 Å². The molecule has 2 aromatic rings. The van der Waals surface area contributed by atoms with Crippen LogP contribution in [0.5, 0.6) is 0 Å². The molecule has 4 heterocycles. The van der Waals surface area contributed by atoms with Gasteiger partial charge in [-0.1, -0.05) is 12.1 Å². The average Bonchev–Trinajstić information content (AvgIpc) is 2.75. The van der Waals surface area contributed by atoms with Crippen molar-refractivity contribution in [1.29, 1.82) is 0 Å². The van der Waals surface area contributed by atoms with Crippen LogP contribution >= 0.6 is 0 Å². The van der Waals surface area contributed by atoms with E-state index in [1.54, 1.807) is 0 Å². The number of Topliss-reactive ketones (excluding diaryl/α,β-unsaturated/α-hetero) is 1. The molecule has 0 aliphatic carbocycles. The van der Waals surface area contributed by atoms with Crippen LogP contribution < -0.4 is 9.80 Å². The summed E-state index contributed by atoms with van der Waals surface area (Å²) in [7, 11) is 0. The number of pyridine rings is 2. The maximum Gasteiger partial charge on any atom is 0.139 e. The van der Waals surface area contributed by atoms with E-state index >= 15 is 0 Å². The smallest absolute Gasteiger partial charge is 0.139 e. The second-order valence-electron chi connectivity index (χ2n) is 7.30. The Hall–Kier alpha value is -2.43. The van der Waals surface area contributed by atoms with Gasteiger partial charge < -0.3 is 9.80 Å². The Kier molecular flexibility index (Phi) is 5.14. The first-order valence-corrected chi connectivity index (χ1v) is 9.67. The van der Waals surface area contributed by atoms with Crippen LogP contribution in [0.15, 0.2) is 48.8 Å². The molecule has 0 N–H and O–H groups in total. The standard InChI is InChI=1S/C21H26N4O/c26-21(17-7-13-24(14-8-17)19-5-1-3-11-22-19)18-9-15-25(16-10-18)20-6-2-4-12-23-20/h1-6,11-12,17-18H,7-10,13-16H2. The molecule has 0 bridgehead atoms. The molecule has 0 spiro atoms. The zero-order chi connectivity index (χ0) is 17.8. The van der Waals surface area contributed by atoms with Crippen molar-refractivity contribution in [3.63, 3.8) is 0 Å². The Morgan fingerprint density at radius 2 is 1.15 bits per heavy atom. The van der Waals surface area contributed by atoms with Crippen LogP contribution in [0.2, 0.25) is 0 Å². The largest absolute Gasteiger partial charge is 0.357 e. The summed E-state index contributed by atoms with van der Waals surface area (Å²) in [6.45, 7) is 3.72. The Bertz CT molecular complexity index is 644. The van der Waals surface area contributed by atoms with E-state index in [0.29, 0.717) is 5.78 Å². The lowest BCUT2D eigenvalue weighted by Crippen LogP contribution is -2.42. The molecule has 4 rings (SSSR count). The van der Waals surface area contributed by atoms with Crippen molar-refractivity contribution in [2.24, 2.45) is 11.8 Å². The molecule has 5 heteroatoms. The van der Waals surface area contributed by atoms with Gasteiger partial charge >= 0.3 is 0 Å². The van der Waals surface area contributed by atoms with Crippen molar-refractivity contribution in [1.82, 2.24) is 9.97 Å². The van der Waals surface area contributed by atoms with E-state index in [9.17, 15) is 4.79 Å². The van der Waals surface area contributed by atoms with Gasteiger partial charge in [0, 0.05) is 50.4 Å². The molecular formula is C21H26N4O. The first-order valence-electron chi connectivity index (χ1n) is 9.67. The predicted octanol–water partition coefficient (Wildman–Crippen LogP) is 3.18. The van der Waals surface area contributed by atoms with Crippen LogP contribution in [0.4, 0.5) is 11.6 Å². The molecule has 2 aliphatic heterocycles. The van der Waals surface area contributed by atoms with E-state index in [0.717, 1.165) is 63.5 Å². The molecule has 2 saturated heterocycles. The molecule has 136 valence electrons. The van der Waals surface area contributed by atoms with Crippen LogP contribution in [0.25, 0.3) is 0 Å². The van der Waals surface area contributed by atoms with Gasteiger partial charge in [0.05, 0.1) is 0 Å². The van der Waals surface area contributed by atoms with Crippen molar-refractivity contribution < 1.29 is 4.79 Å². The van der Waals surface area contributed by atoms with E-state index in [1.807, 2.05) is 36.7 Å². The fraction of sp³-hybridized carbons (Fsp3) is 0.476. The molecule has 0 saturated carbocycles. The van der Waals surface area contributed by atoms with E-state index in [2.05, 4.69) is 31.9 Å². The lowest BCUT2D eigenvalue weighted by Gasteiger charge is -2.36. The highest BCUT2D eigenvalue weighted by Gasteiger charge is 2.32. The van der Waals surface area contributed by atoms with Crippen LogP contribution in [0, 0.1) is 11.8 Å². The molecule has 0 atom stereocenters. The number of piperidine rings is 2. The molecule has 2 aliphatic rings. The summed E-state index contributed by atoms with van der Waals surface area (Å²) in [5.74, 6) is 3.00. The fourth-order valence-electron chi connectivity index (χ4n) is 4.20. The summed E-state index contributed by atoms with van der Waals surface area (Å²) < 4.78 is 0. The Morgan fingerprint density at radius 3 is 1.50 bits per heavy atom. The van der Waals surface area contributed by atoms with E-state index in [-0.39, 0.29) is 11.8 Å². The van der Waals surface area contributed by atoms with Gasteiger partial charge in [-0.05, 0) is 49.9 Å². The van der Waals surface area contributed by atoms with Crippen molar-refractivity contribution >= 4 is 17.4 Å². The predicted molar refractivity (Wildman–Crippen MR) is 103 cm³/mol. The van der Waals surface area contributed by atoms with Crippen LogP contribution in [0.3, 0.4) is 0 Å². The number of rotatable bonds is 4. The monoisotopic (exact) mass is 350 g/mol. The van der Waals surface area contributed by atoms with Gasteiger partial charge in [-0.2, -0.15) is 0 Å². The first-order chi connectivity index (χ1) is 12.8. The van der Waals surface area contributed by atoms with Gasteiger partial charge in [0.2, 0.25) is 0 Å². The van der Waals surface area contributed by atoms with Gasteiger partial charge in [0.1, 0.15) is 17.4 Å². The molecule has 5 nitrogen and oxygen atoms in total. The van der Waals surface area contributed by atoms with Gasteiger partial charge in [-0.3, -0.25) is 4.79 Å². The number of anilines is 2. The van der Waals surface area contributed by atoms with E-state index in [4.69, 9.17) is 0 Å². The Balaban J connectivity index is 1.28. The summed E-state index contributed by atoms with van der Waals surface area (Å²) in [5, 5.41) is 0. The third-order valence-electron chi connectivity index (χ3n) is 5.74. The summed E-state index contributed by atoms with van der Waals surface area (Å²) in [5.41, 5.74) is 0. The van der Waals surface area contributed by atoms with Crippen molar-refractivity contribution in [2.45, 2.75) is 25.7 Å². The van der Waals surface area contributed by atoms with Crippen LogP contribution in [-0.2, 0) is 4.79 Å². The number of hydrogen-bond acceptors (Lipinski definition) is 5. The molecule has 26 heavy (non-hydrogen) atoms. The summed E-state index contributed by atoms with van der Waals surface area (Å²) >= 11 is 0. The van der Waals surface area contributed by atoms with Crippen LogP contribution in [-0.4, -0.2) is 41.9 Å². The summed E-state index contributed by atoms with van der Waals surface area (Å²) in [6.07, 6.45) is 7.49. The molecule has 0 aromatic carbocycles. The average molecular weight is 350 g/mol. The molecule has 0 radical (unpaired) electrons. The van der Waals surface area contributed by atoms with E-state index in [1.165, 1.54) is 0 Å². The minimum absolute atomic E-state index is 0.223. The van der Waals surface area contributed by atoms with Gasteiger partial charge in [-0.15, -0.1) is 0 Å². The maximum absolute atomic E-state index is 13.0. The second kappa shape index (κ2) is 7.85. The number of carbonyl (C=O) groups excluding carboxylic acids is 1. The maximum atomic E-state index is 13.0. The molecule has 2 fully saturated rings. The number of nitrogens with zero attached hydrogens (tertiary/aromatic N) is 4. The fourth-order valence-corrected chi connectivity index (χ4v) is 4.20. The zero-order valence-corrected chi connectivity index (χ0v) is 15.1. The second-order valence-corrected chi connectivity index (χ2v) is 7.30.